The normalized spacial score (nSPS) is 10.4. The Bertz CT molecular complexity index is 1050. The van der Waals surface area contributed by atoms with E-state index in [9.17, 15) is 0 Å². The molecule has 0 radical (unpaired) electrons. The van der Waals surface area contributed by atoms with Crippen LogP contribution in [-0.2, 0) is 0 Å². The molecule has 4 heteroatoms. The summed E-state index contributed by atoms with van der Waals surface area (Å²) in [6.07, 6.45) is 0. The lowest BCUT2D eigenvalue weighted by atomic mass is 9.98. The van der Waals surface area contributed by atoms with Gasteiger partial charge in [-0.2, -0.15) is 0 Å². The topological polar surface area (TPSA) is 22.1 Å². The molecule has 0 fully saturated rings. The quantitative estimate of drug-likeness (QED) is 0.527. The molecule has 2 nitrogen and oxygen atoms in total. The molecule has 4 rings (SSSR count). The molecule has 0 aliphatic carbocycles. The maximum absolute atomic E-state index is 6.86. The molecule has 27 heavy (non-hydrogen) atoms. The minimum Gasteiger partial charge on any atom is -1.00 e. The average molecular weight is 395 g/mol. The number of benzene rings is 3. The summed E-state index contributed by atoms with van der Waals surface area (Å²) in [4.78, 5) is 4.83. The van der Waals surface area contributed by atoms with E-state index in [1.54, 1.807) is 0 Å². The monoisotopic (exact) mass is 394 g/mol. The second-order valence-corrected chi connectivity index (χ2v) is 6.37. The predicted octanol–water partition coefficient (Wildman–Crippen LogP) is 3.62. The number of rotatable bonds is 4. The van der Waals surface area contributed by atoms with Gasteiger partial charge in [0.25, 0.3) is 0 Å². The van der Waals surface area contributed by atoms with Crippen LogP contribution < -0.4 is 17.1 Å². The van der Waals surface area contributed by atoms with Crippen molar-refractivity contribution in [2.45, 2.75) is 6.92 Å². The third-order valence-corrected chi connectivity index (χ3v) is 4.70. The molecule has 4 aromatic rings. The standard InChI is InChI=1S/C23H18ClNO.ClH/c1-2-26-18-14-12-17(13-15-18)23-22(24)21(16-8-4-3-5-9-16)19-10-6-7-11-20(19)25-23;/h3-15H,2H2,1H3;1H/p-1. The molecule has 0 unspecified atom stereocenters. The zero-order chi connectivity index (χ0) is 17.9. The first-order valence-corrected chi connectivity index (χ1v) is 9.02. The summed E-state index contributed by atoms with van der Waals surface area (Å²) >= 11 is 6.86. The molecule has 0 aliphatic heterocycles. The molecule has 1 aromatic heterocycles. The molecular formula is C23H18Cl2NO-. The Balaban J connectivity index is 0.00000210. The van der Waals surface area contributed by atoms with Gasteiger partial charge in [0, 0.05) is 16.5 Å². The highest BCUT2D eigenvalue weighted by atomic mass is 35.5. The Morgan fingerprint density at radius 3 is 2.19 bits per heavy atom. The van der Waals surface area contributed by atoms with Crippen molar-refractivity contribution in [3.63, 3.8) is 0 Å². The van der Waals surface area contributed by atoms with E-state index in [1.165, 1.54) is 0 Å². The number of nitrogens with zero attached hydrogens (tertiary/aromatic N) is 1. The first-order chi connectivity index (χ1) is 12.8. The van der Waals surface area contributed by atoms with Crippen molar-refractivity contribution in [2.75, 3.05) is 6.61 Å². The smallest absolute Gasteiger partial charge is 0.119 e. The van der Waals surface area contributed by atoms with Crippen molar-refractivity contribution < 1.29 is 17.1 Å². The van der Waals surface area contributed by atoms with Gasteiger partial charge in [0.05, 0.1) is 22.8 Å². The fraction of sp³-hybridized carbons (Fsp3) is 0.0870. The van der Waals surface area contributed by atoms with Crippen LogP contribution in [0.4, 0.5) is 0 Å². The van der Waals surface area contributed by atoms with Gasteiger partial charge in [-0.15, -0.1) is 0 Å². The van der Waals surface area contributed by atoms with Crippen LogP contribution in [0, 0.1) is 0 Å². The van der Waals surface area contributed by atoms with Crippen LogP contribution in [0.25, 0.3) is 33.3 Å². The van der Waals surface area contributed by atoms with E-state index in [0.717, 1.165) is 39.0 Å². The van der Waals surface area contributed by atoms with Crippen molar-refractivity contribution in [1.82, 2.24) is 4.98 Å². The first kappa shape index (κ1) is 19.2. The van der Waals surface area contributed by atoms with E-state index in [-0.39, 0.29) is 12.4 Å². The minimum absolute atomic E-state index is 0. The summed E-state index contributed by atoms with van der Waals surface area (Å²) in [5, 5.41) is 1.72. The van der Waals surface area contributed by atoms with Crippen molar-refractivity contribution in [2.24, 2.45) is 0 Å². The number of para-hydroxylation sites is 1. The predicted molar refractivity (Wildman–Crippen MR) is 109 cm³/mol. The third-order valence-electron chi connectivity index (χ3n) is 4.33. The van der Waals surface area contributed by atoms with Crippen LogP contribution in [0.5, 0.6) is 5.75 Å². The van der Waals surface area contributed by atoms with Crippen LogP contribution in [0.3, 0.4) is 0 Å². The van der Waals surface area contributed by atoms with E-state index in [0.29, 0.717) is 11.6 Å². The van der Waals surface area contributed by atoms with Crippen molar-refractivity contribution in [1.29, 1.82) is 0 Å². The van der Waals surface area contributed by atoms with Crippen LogP contribution in [0.1, 0.15) is 6.92 Å². The molecule has 0 saturated heterocycles. The van der Waals surface area contributed by atoms with Crippen LogP contribution in [0.15, 0.2) is 78.9 Å². The SMILES string of the molecule is CCOc1ccc(-c2nc3ccccc3c(-c3ccccc3)c2Cl)cc1.[Cl-]. The second kappa shape index (κ2) is 8.43. The van der Waals surface area contributed by atoms with Crippen LogP contribution in [0.2, 0.25) is 5.02 Å². The number of ether oxygens (including phenoxy) is 1. The van der Waals surface area contributed by atoms with E-state index in [4.69, 9.17) is 21.3 Å². The number of halogens is 2. The average Bonchev–Trinajstić information content (AvgIpc) is 2.69. The Hall–Kier alpha value is -2.55. The van der Waals surface area contributed by atoms with E-state index in [2.05, 4.69) is 18.2 Å². The lowest BCUT2D eigenvalue weighted by Crippen LogP contribution is -3.00. The van der Waals surface area contributed by atoms with Gasteiger partial charge >= 0.3 is 0 Å². The van der Waals surface area contributed by atoms with Crippen molar-refractivity contribution in [3.8, 4) is 28.1 Å². The number of fused-ring (bicyclic) bond motifs is 1. The third kappa shape index (κ3) is 3.78. The zero-order valence-electron chi connectivity index (χ0n) is 14.8. The maximum atomic E-state index is 6.86. The van der Waals surface area contributed by atoms with Gasteiger partial charge < -0.3 is 17.1 Å². The largest absolute Gasteiger partial charge is 1.00 e. The summed E-state index contributed by atoms with van der Waals surface area (Å²) in [5.74, 6) is 0.844. The lowest BCUT2D eigenvalue weighted by Gasteiger charge is -2.14. The summed E-state index contributed by atoms with van der Waals surface area (Å²) in [7, 11) is 0. The van der Waals surface area contributed by atoms with Gasteiger partial charge in [-0.3, -0.25) is 0 Å². The van der Waals surface area contributed by atoms with E-state index < -0.39 is 0 Å². The molecule has 0 aliphatic rings. The fourth-order valence-electron chi connectivity index (χ4n) is 3.14. The molecule has 136 valence electrons. The molecule has 1 heterocycles. The van der Waals surface area contributed by atoms with E-state index >= 15 is 0 Å². The van der Waals surface area contributed by atoms with Gasteiger partial charge in [-0.05, 0) is 42.8 Å². The molecule has 0 N–H and O–H groups in total. The fourth-order valence-corrected chi connectivity index (χ4v) is 3.50. The maximum Gasteiger partial charge on any atom is 0.119 e. The van der Waals surface area contributed by atoms with Crippen molar-refractivity contribution >= 4 is 22.5 Å². The van der Waals surface area contributed by atoms with Crippen LogP contribution >= 0.6 is 11.6 Å². The second-order valence-electron chi connectivity index (χ2n) is 5.99. The number of hydrogen-bond donors (Lipinski definition) is 0. The molecule has 0 bridgehead atoms. The van der Waals surface area contributed by atoms with Gasteiger partial charge in [0.1, 0.15) is 5.75 Å². The summed E-state index contributed by atoms with van der Waals surface area (Å²) in [6, 6.07) is 26.2. The summed E-state index contributed by atoms with van der Waals surface area (Å²) in [5.41, 5.74) is 4.79. The Labute approximate surface area is 170 Å². The highest BCUT2D eigenvalue weighted by Gasteiger charge is 2.16. The molecule has 0 spiro atoms. The minimum atomic E-state index is 0. The Morgan fingerprint density at radius 2 is 1.48 bits per heavy atom. The Kier molecular flexibility index (Phi) is 6.00. The lowest BCUT2D eigenvalue weighted by molar-refractivity contribution is -0.00000557. The molecule has 0 atom stereocenters. The highest BCUT2D eigenvalue weighted by Crippen LogP contribution is 2.40. The number of hydrogen-bond acceptors (Lipinski definition) is 2. The highest BCUT2D eigenvalue weighted by molar-refractivity contribution is 6.37. The van der Waals surface area contributed by atoms with E-state index in [1.807, 2.05) is 67.6 Å². The molecule has 3 aromatic carbocycles. The first-order valence-electron chi connectivity index (χ1n) is 8.65. The summed E-state index contributed by atoms with van der Waals surface area (Å²) < 4.78 is 5.54. The molecular weight excluding hydrogens is 377 g/mol. The molecule has 0 amide bonds. The summed E-state index contributed by atoms with van der Waals surface area (Å²) in [6.45, 7) is 2.62. The zero-order valence-corrected chi connectivity index (χ0v) is 16.3. The van der Waals surface area contributed by atoms with Gasteiger partial charge in [0.2, 0.25) is 0 Å². The van der Waals surface area contributed by atoms with Gasteiger partial charge in [-0.1, -0.05) is 60.1 Å². The molecule has 0 saturated carbocycles. The Morgan fingerprint density at radius 1 is 0.815 bits per heavy atom. The van der Waals surface area contributed by atoms with Gasteiger partial charge in [-0.25, -0.2) is 4.98 Å². The van der Waals surface area contributed by atoms with Crippen LogP contribution in [-0.4, -0.2) is 11.6 Å². The van der Waals surface area contributed by atoms with Gasteiger partial charge in [0.15, 0.2) is 0 Å². The van der Waals surface area contributed by atoms with Crippen molar-refractivity contribution in [3.05, 3.63) is 83.9 Å². The number of aromatic nitrogens is 1. The number of pyridine rings is 1.